The van der Waals surface area contributed by atoms with Gasteiger partial charge in [0.25, 0.3) is 0 Å². The Morgan fingerprint density at radius 3 is 2.68 bits per heavy atom. The molecule has 19 heavy (non-hydrogen) atoms. The molecule has 0 heterocycles. The first-order valence-electron chi connectivity index (χ1n) is 6.28. The van der Waals surface area contributed by atoms with Gasteiger partial charge in [0.15, 0.2) is 0 Å². The highest BCUT2D eigenvalue weighted by Crippen LogP contribution is 2.44. The van der Waals surface area contributed by atoms with Crippen LogP contribution in [0.1, 0.15) is 30.6 Å². The number of carbonyl (C=O) groups is 1. The number of ether oxygens (including phenoxy) is 1. The minimum Gasteiger partial charge on any atom is -0.478 e. The van der Waals surface area contributed by atoms with Gasteiger partial charge < -0.3 is 20.9 Å². The first-order valence-corrected chi connectivity index (χ1v) is 6.28. The highest BCUT2D eigenvalue weighted by Gasteiger charge is 2.48. The number of carboxylic acids is 1. The molecule has 1 aliphatic rings. The Morgan fingerprint density at radius 2 is 2.21 bits per heavy atom. The van der Waals surface area contributed by atoms with Gasteiger partial charge >= 0.3 is 5.97 Å². The summed E-state index contributed by atoms with van der Waals surface area (Å²) < 4.78 is 5.40. The molecule has 1 aromatic carbocycles. The summed E-state index contributed by atoms with van der Waals surface area (Å²) in [7, 11) is 1.72. The fourth-order valence-electron chi connectivity index (χ4n) is 2.58. The topological polar surface area (TPSA) is 84.6 Å². The van der Waals surface area contributed by atoms with E-state index in [-0.39, 0.29) is 22.8 Å². The smallest absolute Gasteiger partial charge is 0.337 e. The van der Waals surface area contributed by atoms with E-state index >= 15 is 0 Å². The second-order valence-electron chi connectivity index (χ2n) is 5.59. The molecule has 0 spiro atoms. The highest BCUT2D eigenvalue weighted by molar-refractivity contribution is 5.94. The number of hydrogen-bond acceptors (Lipinski definition) is 4. The van der Waals surface area contributed by atoms with Gasteiger partial charge in [-0.3, -0.25) is 0 Å². The lowest BCUT2D eigenvalue weighted by atomic mass is 9.64. The molecule has 1 aliphatic carbocycles. The number of anilines is 2. The lowest BCUT2D eigenvalue weighted by Crippen LogP contribution is -2.57. The van der Waals surface area contributed by atoms with Crippen LogP contribution >= 0.6 is 0 Å². The Balaban J connectivity index is 2.09. The second kappa shape index (κ2) is 4.74. The van der Waals surface area contributed by atoms with Gasteiger partial charge in [0.1, 0.15) is 0 Å². The van der Waals surface area contributed by atoms with Crippen LogP contribution in [0.25, 0.3) is 0 Å². The summed E-state index contributed by atoms with van der Waals surface area (Å²) >= 11 is 0. The van der Waals surface area contributed by atoms with Gasteiger partial charge in [0, 0.05) is 29.9 Å². The van der Waals surface area contributed by atoms with Crippen molar-refractivity contribution in [2.24, 2.45) is 5.41 Å². The molecule has 2 rings (SSSR count). The third kappa shape index (κ3) is 2.38. The average Bonchev–Trinajstić information content (AvgIpc) is 2.33. The number of benzene rings is 1. The third-order valence-electron chi connectivity index (χ3n) is 4.09. The van der Waals surface area contributed by atoms with Gasteiger partial charge in [-0.1, -0.05) is 13.8 Å². The molecule has 0 radical (unpaired) electrons. The maximum atomic E-state index is 10.9. The van der Waals surface area contributed by atoms with E-state index in [0.717, 1.165) is 12.1 Å². The number of nitrogen functional groups attached to an aromatic ring is 1. The molecule has 1 saturated carbocycles. The van der Waals surface area contributed by atoms with Gasteiger partial charge in [-0.05, 0) is 24.6 Å². The van der Waals surface area contributed by atoms with E-state index < -0.39 is 5.97 Å². The summed E-state index contributed by atoms with van der Waals surface area (Å²) in [5.74, 6) is -1.01. The Kier molecular flexibility index (Phi) is 3.41. The van der Waals surface area contributed by atoms with E-state index in [0.29, 0.717) is 6.04 Å². The number of aromatic carboxylic acids is 1. The van der Waals surface area contributed by atoms with E-state index in [1.54, 1.807) is 19.2 Å². The van der Waals surface area contributed by atoms with Crippen LogP contribution in [-0.2, 0) is 4.74 Å². The van der Waals surface area contributed by atoms with Crippen molar-refractivity contribution in [2.45, 2.75) is 32.4 Å². The molecule has 2 atom stereocenters. The average molecular weight is 264 g/mol. The van der Waals surface area contributed by atoms with E-state index in [2.05, 4.69) is 19.2 Å². The summed E-state index contributed by atoms with van der Waals surface area (Å²) in [6.07, 6.45) is 1.19. The van der Waals surface area contributed by atoms with E-state index in [9.17, 15) is 4.79 Å². The molecule has 5 heteroatoms. The van der Waals surface area contributed by atoms with Crippen LogP contribution in [0.5, 0.6) is 0 Å². The number of carboxylic acid groups (broad SMARTS) is 1. The molecule has 4 N–H and O–H groups in total. The largest absolute Gasteiger partial charge is 0.478 e. The maximum Gasteiger partial charge on any atom is 0.337 e. The van der Waals surface area contributed by atoms with Gasteiger partial charge in [-0.25, -0.2) is 4.79 Å². The molecule has 0 bridgehead atoms. The van der Waals surface area contributed by atoms with E-state index in [4.69, 9.17) is 15.6 Å². The van der Waals surface area contributed by atoms with Crippen molar-refractivity contribution < 1.29 is 14.6 Å². The molecular weight excluding hydrogens is 244 g/mol. The van der Waals surface area contributed by atoms with Crippen LogP contribution in [-0.4, -0.2) is 30.3 Å². The van der Waals surface area contributed by atoms with Crippen LogP contribution in [0.15, 0.2) is 18.2 Å². The van der Waals surface area contributed by atoms with Crippen LogP contribution in [0.3, 0.4) is 0 Å². The number of hydrogen-bond donors (Lipinski definition) is 3. The number of rotatable bonds is 4. The van der Waals surface area contributed by atoms with Crippen LogP contribution < -0.4 is 11.1 Å². The van der Waals surface area contributed by atoms with Crippen molar-refractivity contribution in [3.63, 3.8) is 0 Å². The molecular formula is C14H20N2O3. The quantitative estimate of drug-likeness (QED) is 0.726. The Morgan fingerprint density at radius 1 is 1.53 bits per heavy atom. The maximum absolute atomic E-state index is 10.9. The fraction of sp³-hybridized carbons (Fsp3) is 0.500. The van der Waals surface area contributed by atoms with Crippen LogP contribution in [0.4, 0.5) is 11.4 Å². The summed E-state index contributed by atoms with van der Waals surface area (Å²) in [5, 5.41) is 12.3. The van der Waals surface area contributed by atoms with E-state index in [1.165, 1.54) is 6.07 Å². The first kappa shape index (κ1) is 13.7. The Bertz CT molecular complexity index is 499. The molecule has 5 nitrogen and oxygen atoms in total. The lowest BCUT2D eigenvalue weighted by molar-refractivity contribution is -0.0794. The number of methoxy groups -OCH3 is 1. The van der Waals surface area contributed by atoms with Gasteiger partial charge in [-0.2, -0.15) is 0 Å². The molecule has 1 aromatic rings. The van der Waals surface area contributed by atoms with Crippen molar-refractivity contribution in [3.8, 4) is 0 Å². The Hall–Kier alpha value is -1.75. The predicted octanol–water partition coefficient (Wildman–Crippen LogP) is 2.19. The molecule has 0 saturated heterocycles. The highest BCUT2D eigenvalue weighted by atomic mass is 16.5. The molecule has 1 fully saturated rings. The zero-order valence-electron chi connectivity index (χ0n) is 11.4. The SMILES string of the molecule is COC1CC(Nc2ccc(C(=O)O)c(N)c2)C1(C)C. The number of nitrogens with one attached hydrogen (secondary N) is 1. The molecule has 0 aromatic heterocycles. The zero-order chi connectivity index (χ0) is 14.2. The summed E-state index contributed by atoms with van der Waals surface area (Å²) in [4.78, 5) is 10.9. The monoisotopic (exact) mass is 264 g/mol. The summed E-state index contributed by atoms with van der Waals surface area (Å²) in [6.45, 7) is 4.30. The van der Waals surface area contributed by atoms with Gasteiger partial charge in [0.05, 0.1) is 11.7 Å². The fourth-order valence-corrected chi connectivity index (χ4v) is 2.58. The van der Waals surface area contributed by atoms with Crippen molar-refractivity contribution in [1.82, 2.24) is 0 Å². The van der Waals surface area contributed by atoms with Crippen molar-refractivity contribution in [3.05, 3.63) is 23.8 Å². The standard InChI is InChI=1S/C14H20N2O3/c1-14(2)11(7-12(14)19-3)16-8-4-5-9(13(17)18)10(15)6-8/h4-6,11-12,16H,7,15H2,1-3H3,(H,17,18). The van der Waals surface area contributed by atoms with Gasteiger partial charge in [-0.15, -0.1) is 0 Å². The van der Waals surface area contributed by atoms with Crippen molar-refractivity contribution in [1.29, 1.82) is 0 Å². The summed E-state index contributed by atoms with van der Waals surface area (Å²) in [6, 6.07) is 5.24. The summed E-state index contributed by atoms with van der Waals surface area (Å²) in [5.41, 5.74) is 7.03. The predicted molar refractivity (Wildman–Crippen MR) is 74.4 cm³/mol. The minimum absolute atomic E-state index is 0.0506. The van der Waals surface area contributed by atoms with Crippen LogP contribution in [0, 0.1) is 5.41 Å². The zero-order valence-corrected chi connectivity index (χ0v) is 11.4. The normalized spacial score (nSPS) is 24.6. The first-order chi connectivity index (χ1) is 8.86. The minimum atomic E-state index is -1.01. The Labute approximate surface area is 112 Å². The number of nitrogens with two attached hydrogens (primary N) is 1. The van der Waals surface area contributed by atoms with Crippen molar-refractivity contribution in [2.75, 3.05) is 18.2 Å². The lowest BCUT2D eigenvalue weighted by Gasteiger charge is -2.51. The molecule has 104 valence electrons. The molecule has 2 unspecified atom stereocenters. The van der Waals surface area contributed by atoms with Crippen molar-refractivity contribution >= 4 is 17.3 Å². The molecule has 0 aliphatic heterocycles. The third-order valence-corrected chi connectivity index (χ3v) is 4.09. The van der Waals surface area contributed by atoms with Gasteiger partial charge in [0.2, 0.25) is 0 Å². The second-order valence-corrected chi connectivity index (χ2v) is 5.59. The van der Waals surface area contributed by atoms with E-state index in [1.807, 2.05) is 0 Å². The molecule has 0 amide bonds. The van der Waals surface area contributed by atoms with Crippen LogP contribution in [0.2, 0.25) is 0 Å².